The van der Waals surface area contributed by atoms with Gasteiger partial charge in [0.2, 0.25) is 0 Å². The summed E-state index contributed by atoms with van der Waals surface area (Å²) >= 11 is 5.83. The molecule has 1 aromatic carbocycles. The molecule has 0 aromatic heterocycles. The first-order valence-corrected chi connectivity index (χ1v) is 6.68. The Labute approximate surface area is 112 Å². The molecule has 0 radical (unpaired) electrons. The van der Waals surface area contributed by atoms with Gasteiger partial charge in [-0.2, -0.15) is 0 Å². The smallest absolute Gasteiger partial charge is 0.307 e. The zero-order valence-electron chi connectivity index (χ0n) is 10.2. The van der Waals surface area contributed by atoms with Gasteiger partial charge in [-0.1, -0.05) is 35.9 Å². The Bertz CT molecular complexity index is 436. The minimum absolute atomic E-state index is 0.159. The van der Waals surface area contributed by atoms with Crippen LogP contribution in [-0.4, -0.2) is 11.1 Å². The number of carbonyl (C=O) groups is 1. The van der Waals surface area contributed by atoms with E-state index >= 15 is 0 Å². The Morgan fingerprint density at radius 2 is 2.11 bits per heavy atom. The molecular formula is C15H17ClO2. The number of aliphatic carboxylic acids is 1. The van der Waals surface area contributed by atoms with E-state index in [-0.39, 0.29) is 11.8 Å². The summed E-state index contributed by atoms with van der Waals surface area (Å²) in [6.45, 7) is 0. The van der Waals surface area contributed by atoms with Crippen LogP contribution >= 0.6 is 11.6 Å². The van der Waals surface area contributed by atoms with Gasteiger partial charge < -0.3 is 5.11 Å². The van der Waals surface area contributed by atoms with Gasteiger partial charge in [-0.3, -0.25) is 4.79 Å². The van der Waals surface area contributed by atoms with Crippen LogP contribution in [0.25, 0.3) is 0 Å². The molecule has 2 rings (SSSR count). The van der Waals surface area contributed by atoms with E-state index in [0.29, 0.717) is 11.4 Å². The maximum atomic E-state index is 11.4. The Balaban J connectivity index is 2.10. The lowest BCUT2D eigenvalue weighted by atomic mass is 9.81. The van der Waals surface area contributed by atoms with Gasteiger partial charge in [0.25, 0.3) is 0 Å². The third kappa shape index (κ3) is 3.36. The summed E-state index contributed by atoms with van der Waals surface area (Å²) in [4.78, 5) is 11.4. The molecule has 3 heteroatoms. The Morgan fingerprint density at radius 3 is 2.67 bits per heavy atom. The minimum Gasteiger partial charge on any atom is -0.481 e. The van der Waals surface area contributed by atoms with Crippen LogP contribution in [0.2, 0.25) is 5.02 Å². The monoisotopic (exact) mass is 264 g/mol. The molecule has 96 valence electrons. The van der Waals surface area contributed by atoms with Gasteiger partial charge in [0, 0.05) is 5.02 Å². The average molecular weight is 265 g/mol. The molecule has 0 heterocycles. The SMILES string of the molecule is O=C(O)C(Cc1ccc(Cl)cc1)C1C=CCCC1. The largest absolute Gasteiger partial charge is 0.481 e. The molecule has 1 aliphatic carbocycles. The topological polar surface area (TPSA) is 37.3 Å². The van der Waals surface area contributed by atoms with E-state index in [4.69, 9.17) is 11.6 Å². The fourth-order valence-corrected chi connectivity index (χ4v) is 2.60. The van der Waals surface area contributed by atoms with Crippen LogP contribution in [0.4, 0.5) is 0 Å². The highest BCUT2D eigenvalue weighted by Gasteiger charge is 2.27. The molecule has 2 nitrogen and oxygen atoms in total. The molecule has 1 N–H and O–H groups in total. The summed E-state index contributed by atoms with van der Waals surface area (Å²) in [7, 11) is 0. The summed E-state index contributed by atoms with van der Waals surface area (Å²) in [6, 6.07) is 7.44. The van der Waals surface area contributed by atoms with Crippen molar-refractivity contribution in [2.75, 3.05) is 0 Å². The zero-order valence-corrected chi connectivity index (χ0v) is 10.9. The summed E-state index contributed by atoms with van der Waals surface area (Å²) in [5, 5.41) is 10.1. The van der Waals surface area contributed by atoms with Gasteiger partial charge in [0.1, 0.15) is 0 Å². The van der Waals surface area contributed by atoms with Gasteiger partial charge in [-0.15, -0.1) is 0 Å². The van der Waals surface area contributed by atoms with Crippen molar-refractivity contribution in [1.82, 2.24) is 0 Å². The lowest BCUT2D eigenvalue weighted by Crippen LogP contribution is -2.25. The maximum absolute atomic E-state index is 11.4. The molecule has 2 atom stereocenters. The van der Waals surface area contributed by atoms with Gasteiger partial charge in [0.05, 0.1) is 5.92 Å². The number of rotatable bonds is 4. The first-order chi connectivity index (χ1) is 8.66. The van der Waals surface area contributed by atoms with Crippen molar-refractivity contribution in [2.24, 2.45) is 11.8 Å². The van der Waals surface area contributed by atoms with Crippen LogP contribution in [-0.2, 0) is 11.2 Å². The Hall–Kier alpha value is -1.28. The van der Waals surface area contributed by atoms with Gasteiger partial charge in [0.15, 0.2) is 0 Å². The van der Waals surface area contributed by atoms with E-state index in [0.717, 1.165) is 24.8 Å². The van der Waals surface area contributed by atoms with Gasteiger partial charge in [-0.05, 0) is 49.3 Å². The quantitative estimate of drug-likeness (QED) is 0.837. The fraction of sp³-hybridized carbons (Fsp3) is 0.400. The standard InChI is InChI=1S/C15H17ClO2/c16-13-8-6-11(7-9-13)10-14(15(17)18)12-4-2-1-3-5-12/h2,4,6-9,12,14H,1,3,5,10H2,(H,17,18). The molecule has 1 aliphatic rings. The highest BCUT2D eigenvalue weighted by molar-refractivity contribution is 6.30. The van der Waals surface area contributed by atoms with Crippen molar-refractivity contribution in [1.29, 1.82) is 0 Å². The van der Waals surface area contributed by atoms with Crippen molar-refractivity contribution >= 4 is 17.6 Å². The van der Waals surface area contributed by atoms with E-state index in [1.54, 1.807) is 0 Å². The van der Waals surface area contributed by atoms with Crippen molar-refractivity contribution in [2.45, 2.75) is 25.7 Å². The van der Waals surface area contributed by atoms with E-state index < -0.39 is 5.97 Å². The highest BCUT2D eigenvalue weighted by Crippen LogP contribution is 2.28. The number of allylic oxidation sites excluding steroid dienone is 2. The van der Waals surface area contributed by atoms with Crippen molar-refractivity contribution < 1.29 is 9.90 Å². The van der Waals surface area contributed by atoms with E-state index in [1.807, 2.05) is 24.3 Å². The number of carboxylic acid groups (broad SMARTS) is 1. The van der Waals surface area contributed by atoms with E-state index in [1.165, 1.54) is 0 Å². The first kappa shape index (κ1) is 13.2. The average Bonchev–Trinajstić information content (AvgIpc) is 2.38. The van der Waals surface area contributed by atoms with Crippen LogP contribution in [0, 0.1) is 11.8 Å². The number of carboxylic acids is 1. The van der Waals surface area contributed by atoms with E-state index in [2.05, 4.69) is 12.2 Å². The van der Waals surface area contributed by atoms with Crippen molar-refractivity contribution in [3.8, 4) is 0 Å². The Morgan fingerprint density at radius 1 is 1.39 bits per heavy atom. The van der Waals surface area contributed by atoms with Crippen molar-refractivity contribution in [3.63, 3.8) is 0 Å². The van der Waals surface area contributed by atoms with Gasteiger partial charge >= 0.3 is 5.97 Å². The normalized spacial score (nSPS) is 20.6. The molecule has 0 bridgehead atoms. The molecule has 18 heavy (non-hydrogen) atoms. The summed E-state index contributed by atoms with van der Waals surface area (Å²) in [5.41, 5.74) is 1.03. The van der Waals surface area contributed by atoms with Crippen LogP contribution in [0.1, 0.15) is 24.8 Å². The van der Waals surface area contributed by atoms with Crippen LogP contribution in [0.5, 0.6) is 0 Å². The first-order valence-electron chi connectivity index (χ1n) is 6.31. The van der Waals surface area contributed by atoms with Crippen LogP contribution in [0.3, 0.4) is 0 Å². The lowest BCUT2D eigenvalue weighted by Gasteiger charge is -2.23. The number of hydrogen-bond acceptors (Lipinski definition) is 1. The van der Waals surface area contributed by atoms with E-state index in [9.17, 15) is 9.90 Å². The molecule has 0 aliphatic heterocycles. The van der Waals surface area contributed by atoms with Crippen LogP contribution in [0.15, 0.2) is 36.4 Å². The second-order valence-electron chi connectivity index (χ2n) is 4.80. The third-order valence-corrected chi connectivity index (χ3v) is 3.75. The predicted molar refractivity (Wildman–Crippen MR) is 72.8 cm³/mol. The molecule has 0 amide bonds. The fourth-order valence-electron chi connectivity index (χ4n) is 2.47. The molecular weight excluding hydrogens is 248 g/mol. The maximum Gasteiger partial charge on any atom is 0.307 e. The molecule has 0 saturated carbocycles. The number of benzene rings is 1. The summed E-state index contributed by atoms with van der Waals surface area (Å²) in [5.74, 6) is -0.879. The predicted octanol–water partition coefficient (Wildman–Crippen LogP) is 3.94. The molecule has 1 aromatic rings. The second kappa shape index (κ2) is 6.05. The van der Waals surface area contributed by atoms with Gasteiger partial charge in [-0.25, -0.2) is 0 Å². The number of hydrogen-bond donors (Lipinski definition) is 1. The Kier molecular flexibility index (Phi) is 4.43. The number of halogens is 1. The summed E-state index contributed by atoms with van der Waals surface area (Å²) < 4.78 is 0. The van der Waals surface area contributed by atoms with Crippen LogP contribution < -0.4 is 0 Å². The molecule has 0 spiro atoms. The zero-order chi connectivity index (χ0) is 13.0. The summed E-state index contributed by atoms with van der Waals surface area (Å²) in [6.07, 6.45) is 7.88. The minimum atomic E-state index is -0.707. The van der Waals surface area contributed by atoms with Crippen molar-refractivity contribution in [3.05, 3.63) is 47.0 Å². The molecule has 0 saturated heterocycles. The third-order valence-electron chi connectivity index (χ3n) is 3.49. The molecule has 0 fully saturated rings. The second-order valence-corrected chi connectivity index (χ2v) is 5.23. The lowest BCUT2D eigenvalue weighted by molar-refractivity contribution is -0.143. The molecule has 2 unspecified atom stereocenters. The highest BCUT2D eigenvalue weighted by atomic mass is 35.5.